The number of carbonyl (C=O) groups is 1. The first-order valence-electron chi connectivity index (χ1n) is 7.07. The van der Waals surface area contributed by atoms with Crippen LogP contribution in [0.15, 0.2) is 65.1 Å². The minimum atomic E-state index is -0.139. The van der Waals surface area contributed by atoms with Crippen LogP contribution < -0.4 is 0 Å². The van der Waals surface area contributed by atoms with Crippen molar-refractivity contribution in [2.75, 3.05) is 0 Å². The van der Waals surface area contributed by atoms with Crippen LogP contribution in [0.4, 0.5) is 0 Å². The highest BCUT2D eigenvalue weighted by Gasteiger charge is 2.12. The molecule has 1 heterocycles. The zero-order valence-electron chi connectivity index (χ0n) is 12.3. The molecule has 3 aromatic rings. The Balaban J connectivity index is 1.81. The fourth-order valence-corrected chi connectivity index (χ4v) is 2.89. The first-order valence-corrected chi connectivity index (χ1v) is 8.20. The van der Waals surface area contributed by atoms with Crippen LogP contribution in [0.5, 0.6) is 0 Å². The lowest BCUT2D eigenvalue weighted by Gasteiger charge is -2.02. The third-order valence-electron chi connectivity index (χ3n) is 3.36. The van der Waals surface area contributed by atoms with E-state index in [4.69, 9.17) is 39.2 Å². The van der Waals surface area contributed by atoms with E-state index in [-0.39, 0.29) is 5.78 Å². The van der Waals surface area contributed by atoms with Crippen molar-refractivity contribution in [1.82, 2.24) is 0 Å². The molecule has 2 nitrogen and oxygen atoms in total. The minimum absolute atomic E-state index is 0.139. The van der Waals surface area contributed by atoms with E-state index in [2.05, 4.69) is 0 Å². The number of rotatable bonds is 4. The quantitative estimate of drug-likeness (QED) is 0.369. The van der Waals surface area contributed by atoms with Gasteiger partial charge in [0, 0.05) is 10.6 Å². The van der Waals surface area contributed by atoms with Crippen molar-refractivity contribution in [3.63, 3.8) is 0 Å². The summed E-state index contributed by atoms with van der Waals surface area (Å²) in [6.45, 7) is 0. The largest absolute Gasteiger partial charge is 0.457 e. The lowest BCUT2D eigenvalue weighted by Crippen LogP contribution is -1.92. The van der Waals surface area contributed by atoms with Crippen LogP contribution in [-0.2, 0) is 0 Å². The van der Waals surface area contributed by atoms with Gasteiger partial charge in [-0.3, -0.25) is 4.79 Å². The highest BCUT2D eigenvalue weighted by atomic mass is 35.5. The molecule has 2 aromatic carbocycles. The maximum atomic E-state index is 12.1. The SMILES string of the molecule is O=C(C=Cc1ccc(-c2c(Cl)cccc2Cl)o1)c1ccc(Cl)cc1. The van der Waals surface area contributed by atoms with E-state index in [1.54, 1.807) is 60.7 Å². The van der Waals surface area contributed by atoms with E-state index >= 15 is 0 Å². The zero-order chi connectivity index (χ0) is 17.1. The number of ketones is 1. The molecule has 120 valence electrons. The van der Waals surface area contributed by atoms with E-state index in [1.165, 1.54) is 6.08 Å². The number of allylic oxidation sites excluding steroid dienone is 1. The van der Waals surface area contributed by atoms with E-state index in [0.29, 0.717) is 37.7 Å². The molecular formula is C19H11Cl3O2. The van der Waals surface area contributed by atoms with Crippen molar-refractivity contribution in [3.05, 3.63) is 87.1 Å². The molecule has 1 aromatic heterocycles. The van der Waals surface area contributed by atoms with Crippen molar-refractivity contribution >= 4 is 46.7 Å². The third kappa shape index (κ3) is 3.73. The van der Waals surface area contributed by atoms with Crippen molar-refractivity contribution < 1.29 is 9.21 Å². The van der Waals surface area contributed by atoms with Crippen molar-refractivity contribution in [3.8, 4) is 11.3 Å². The van der Waals surface area contributed by atoms with Crippen LogP contribution in [0.1, 0.15) is 16.1 Å². The van der Waals surface area contributed by atoms with Gasteiger partial charge in [-0.1, -0.05) is 40.9 Å². The highest BCUT2D eigenvalue weighted by molar-refractivity contribution is 6.39. The van der Waals surface area contributed by atoms with Crippen LogP contribution in [0, 0.1) is 0 Å². The van der Waals surface area contributed by atoms with Crippen LogP contribution in [0.25, 0.3) is 17.4 Å². The molecule has 0 aliphatic rings. The maximum Gasteiger partial charge on any atom is 0.185 e. The van der Waals surface area contributed by atoms with Crippen molar-refractivity contribution in [1.29, 1.82) is 0 Å². The molecule has 0 amide bonds. The standard InChI is InChI=1S/C19H11Cl3O2/c20-13-6-4-12(5-7-13)17(23)10-8-14-9-11-18(24-14)19-15(21)2-1-3-16(19)22/h1-11H. The lowest BCUT2D eigenvalue weighted by atomic mass is 10.1. The molecule has 0 fully saturated rings. The van der Waals surface area contributed by atoms with Crippen molar-refractivity contribution in [2.24, 2.45) is 0 Å². The molecule has 0 aliphatic heterocycles. The monoisotopic (exact) mass is 376 g/mol. The molecule has 0 radical (unpaired) electrons. The van der Waals surface area contributed by atoms with Crippen molar-refractivity contribution in [2.45, 2.75) is 0 Å². The highest BCUT2D eigenvalue weighted by Crippen LogP contribution is 2.35. The number of carbonyl (C=O) groups excluding carboxylic acids is 1. The summed E-state index contributed by atoms with van der Waals surface area (Å²) in [6.07, 6.45) is 3.05. The summed E-state index contributed by atoms with van der Waals surface area (Å²) >= 11 is 18.1. The van der Waals surface area contributed by atoms with Gasteiger partial charge in [0.15, 0.2) is 5.78 Å². The summed E-state index contributed by atoms with van der Waals surface area (Å²) in [4.78, 5) is 12.1. The Labute approximate surface area is 154 Å². The second kappa shape index (κ2) is 7.27. The fraction of sp³-hybridized carbons (Fsp3) is 0. The molecule has 0 bridgehead atoms. The van der Waals surface area contributed by atoms with Gasteiger partial charge in [-0.2, -0.15) is 0 Å². The van der Waals surface area contributed by atoms with Gasteiger partial charge >= 0.3 is 0 Å². The fourth-order valence-electron chi connectivity index (χ4n) is 2.18. The Morgan fingerprint density at radius 1 is 0.875 bits per heavy atom. The molecule has 3 rings (SSSR count). The van der Waals surface area contributed by atoms with Gasteiger partial charge in [-0.05, 0) is 60.7 Å². The molecular weight excluding hydrogens is 367 g/mol. The molecule has 5 heteroatoms. The summed E-state index contributed by atoms with van der Waals surface area (Å²) < 4.78 is 5.71. The summed E-state index contributed by atoms with van der Waals surface area (Å²) in [6, 6.07) is 15.5. The molecule has 0 atom stereocenters. The predicted molar refractivity (Wildman–Crippen MR) is 99.0 cm³/mol. The van der Waals surface area contributed by atoms with Gasteiger partial charge in [-0.25, -0.2) is 0 Å². The topological polar surface area (TPSA) is 30.2 Å². The summed E-state index contributed by atoms with van der Waals surface area (Å²) in [5.41, 5.74) is 1.18. The van der Waals surface area contributed by atoms with E-state index in [0.717, 1.165) is 0 Å². The van der Waals surface area contributed by atoms with Gasteiger partial charge in [0.1, 0.15) is 11.5 Å². The van der Waals surface area contributed by atoms with Gasteiger partial charge in [-0.15, -0.1) is 0 Å². The zero-order valence-corrected chi connectivity index (χ0v) is 14.6. The Morgan fingerprint density at radius 2 is 1.54 bits per heavy atom. The molecule has 0 N–H and O–H groups in total. The molecule has 24 heavy (non-hydrogen) atoms. The van der Waals surface area contributed by atoms with Gasteiger partial charge in [0.2, 0.25) is 0 Å². The Hall–Kier alpha value is -2.00. The lowest BCUT2D eigenvalue weighted by molar-refractivity contribution is 0.104. The number of hydrogen-bond acceptors (Lipinski definition) is 2. The normalized spacial score (nSPS) is 11.1. The Morgan fingerprint density at radius 3 is 2.21 bits per heavy atom. The molecule has 0 unspecified atom stereocenters. The van der Waals surface area contributed by atoms with Crippen LogP contribution >= 0.6 is 34.8 Å². The van der Waals surface area contributed by atoms with Gasteiger partial charge in [0.25, 0.3) is 0 Å². The Kier molecular flexibility index (Phi) is 5.10. The molecule has 0 saturated carbocycles. The first kappa shape index (κ1) is 16.8. The molecule has 0 spiro atoms. The third-order valence-corrected chi connectivity index (χ3v) is 4.25. The predicted octanol–water partition coefficient (Wildman–Crippen LogP) is 6.80. The molecule has 0 aliphatic carbocycles. The molecule has 0 saturated heterocycles. The second-order valence-corrected chi connectivity index (χ2v) is 6.25. The van der Waals surface area contributed by atoms with E-state index < -0.39 is 0 Å². The van der Waals surface area contributed by atoms with Crippen LogP contribution in [0.3, 0.4) is 0 Å². The van der Waals surface area contributed by atoms with Gasteiger partial charge < -0.3 is 4.42 Å². The Bertz CT molecular complexity index is 888. The van der Waals surface area contributed by atoms with Crippen LogP contribution in [0.2, 0.25) is 15.1 Å². The minimum Gasteiger partial charge on any atom is -0.457 e. The summed E-state index contributed by atoms with van der Waals surface area (Å²) in [7, 11) is 0. The summed E-state index contributed by atoms with van der Waals surface area (Å²) in [5, 5.41) is 1.59. The number of furan rings is 1. The number of hydrogen-bond donors (Lipinski definition) is 0. The number of halogens is 3. The smallest absolute Gasteiger partial charge is 0.185 e. The second-order valence-electron chi connectivity index (χ2n) is 5.00. The van der Waals surface area contributed by atoms with E-state index in [1.807, 2.05) is 0 Å². The van der Waals surface area contributed by atoms with E-state index in [9.17, 15) is 4.79 Å². The average Bonchev–Trinajstić information content (AvgIpc) is 3.02. The number of benzene rings is 2. The van der Waals surface area contributed by atoms with Gasteiger partial charge in [0.05, 0.1) is 15.6 Å². The summed E-state index contributed by atoms with van der Waals surface area (Å²) in [5.74, 6) is 0.938. The average molecular weight is 378 g/mol. The first-order chi connectivity index (χ1) is 11.5. The van der Waals surface area contributed by atoms with Crippen LogP contribution in [-0.4, -0.2) is 5.78 Å². The maximum absolute atomic E-state index is 12.1.